The minimum absolute atomic E-state index is 0.0693. The third-order valence-corrected chi connectivity index (χ3v) is 5.00. The average Bonchev–Trinajstić information content (AvgIpc) is 2.84. The second-order valence-corrected chi connectivity index (χ2v) is 6.67. The highest BCUT2D eigenvalue weighted by atomic mass is 16.6. The molecule has 1 aromatic rings. The van der Waals surface area contributed by atoms with Crippen LogP contribution in [0, 0.1) is 12.3 Å². The first-order valence-electron chi connectivity index (χ1n) is 8.26. The van der Waals surface area contributed by atoms with E-state index >= 15 is 0 Å². The highest BCUT2D eigenvalue weighted by Gasteiger charge is 2.49. The summed E-state index contributed by atoms with van der Waals surface area (Å²) in [5, 5.41) is 10.7. The zero-order chi connectivity index (χ0) is 16.3. The van der Waals surface area contributed by atoms with Crippen LogP contribution in [0.3, 0.4) is 0 Å². The van der Waals surface area contributed by atoms with Crippen molar-refractivity contribution in [2.45, 2.75) is 62.8 Å². The topological polar surface area (TPSA) is 49.8 Å². The number of hydrogen-bond donors (Lipinski definition) is 1. The molecule has 0 aliphatic carbocycles. The van der Waals surface area contributed by atoms with Gasteiger partial charge in [-0.3, -0.25) is 0 Å². The van der Waals surface area contributed by atoms with Gasteiger partial charge in [-0.05, 0) is 37.7 Å². The molecule has 2 saturated heterocycles. The van der Waals surface area contributed by atoms with Gasteiger partial charge in [0.1, 0.15) is 6.61 Å². The molecule has 0 saturated carbocycles. The first-order chi connectivity index (χ1) is 11.1. The molecule has 2 aliphatic rings. The Morgan fingerprint density at radius 1 is 1.30 bits per heavy atom. The summed E-state index contributed by atoms with van der Waals surface area (Å²) < 4.78 is 5.47. The molecule has 0 spiro atoms. The molecule has 122 valence electrons. The van der Waals surface area contributed by atoms with E-state index in [1.54, 1.807) is 0 Å². The SMILES string of the molecule is C#CCCC1(O)CC2CCC(C1)N2C(=O)OCc1ccccc1. The molecule has 1 aromatic carbocycles. The molecule has 2 aliphatic heterocycles. The van der Waals surface area contributed by atoms with Crippen LogP contribution in [-0.2, 0) is 11.3 Å². The lowest BCUT2D eigenvalue weighted by atomic mass is 9.83. The molecule has 2 heterocycles. The summed E-state index contributed by atoms with van der Waals surface area (Å²) >= 11 is 0. The van der Waals surface area contributed by atoms with Gasteiger partial charge in [-0.1, -0.05) is 30.3 Å². The molecule has 0 radical (unpaired) electrons. The van der Waals surface area contributed by atoms with Gasteiger partial charge in [0, 0.05) is 18.5 Å². The van der Waals surface area contributed by atoms with Crippen LogP contribution in [0.5, 0.6) is 0 Å². The predicted molar refractivity (Wildman–Crippen MR) is 87.5 cm³/mol. The summed E-state index contributed by atoms with van der Waals surface area (Å²) in [6, 6.07) is 9.82. The summed E-state index contributed by atoms with van der Waals surface area (Å²) in [4.78, 5) is 14.3. The van der Waals surface area contributed by atoms with Crippen LogP contribution < -0.4 is 0 Å². The van der Waals surface area contributed by atoms with E-state index in [0.717, 1.165) is 18.4 Å². The van der Waals surface area contributed by atoms with Crippen molar-refractivity contribution in [3.63, 3.8) is 0 Å². The smallest absolute Gasteiger partial charge is 0.410 e. The van der Waals surface area contributed by atoms with Gasteiger partial charge in [0.25, 0.3) is 0 Å². The van der Waals surface area contributed by atoms with Crippen molar-refractivity contribution >= 4 is 6.09 Å². The number of amides is 1. The Labute approximate surface area is 137 Å². The Morgan fingerprint density at radius 2 is 1.96 bits per heavy atom. The predicted octanol–water partition coefficient (Wildman–Crippen LogP) is 3.09. The average molecular weight is 313 g/mol. The van der Waals surface area contributed by atoms with Crippen LogP contribution >= 0.6 is 0 Å². The molecule has 2 fully saturated rings. The first kappa shape index (κ1) is 15.9. The van der Waals surface area contributed by atoms with Crippen LogP contribution in [0.25, 0.3) is 0 Å². The van der Waals surface area contributed by atoms with E-state index in [0.29, 0.717) is 25.7 Å². The van der Waals surface area contributed by atoms with E-state index in [-0.39, 0.29) is 24.8 Å². The Hall–Kier alpha value is -1.99. The fourth-order valence-corrected chi connectivity index (χ4v) is 3.92. The summed E-state index contributed by atoms with van der Waals surface area (Å²) in [6.07, 6.45) is 9.32. The van der Waals surface area contributed by atoms with Gasteiger partial charge in [-0.25, -0.2) is 4.79 Å². The van der Waals surface area contributed by atoms with E-state index in [2.05, 4.69) is 5.92 Å². The lowest BCUT2D eigenvalue weighted by molar-refractivity contribution is -0.0531. The van der Waals surface area contributed by atoms with Gasteiger partial charge in [-0.2, -0.15) is 0 Å². The highest BCUT2D eigenvalue weighted by molar-refractivity contribution is 5.69. The van der Waals surface area contributed by atoms with Crippen LogP contribution in [0.4, 0.5) is 4.79 Å². The Morgan fingerprint density at radius 3 is 2.57 bits per heavy atom. The Bertz CT molecular complexity index is 578. The molecule has 4 nitrogen and oxygen atoms in total. The quantitative estimate of drug-likeness (QED) is 0.869. The first-order valence-corrected chi connectivity index (χ1v) is 8.26. The lowest BCUT2D eigenvalue weighted by Gasteiger charge is -2.43. The molecule has 2 bridgehead atoms. The maximum Gasteiger partial charge on any atom is 0.410 e. The molecule has 1 N–H and O–H groups in total. The second-order valence-electron chi connectivity index (χ2n) is 6.67. The Kier molecular flexibility index (Phi) is 4.58. The van der Waals surface area contributed by atoms with E-state index in [9.17, 15) is 9.90 Å². The van der Waals surface area contributed by atoms with Crippen molar-refractivity contribution in [2.24, 2.45) is 0 Å². The second kappa shape index (κ2) is 6.64. The number of carbonyl (C=O) groups is 1. The van der Waals surface area contributed by atoms with Crippen molar-refractivity contribution < 1.29 is 14.6 Å². The van der Waals surface area contributed by atoms with E-state index < -0.39 is 5.60 Å². The zero-order valence-electron chi connectivity index (χ0n) is 13.3. The number of terminal acetylenes is 1. The van der Waals surface area contributed by atoms with Crippen molar-refractivity contribution in [1.29, 1.82) is 0 Å². The molecular weight excluding hydrogens is 290 g/mol. The Balaban J connectivity index is 1.59. The minimum atomic E-state index is -0.728. The van der Waals surface area contributed by atoms with Gasteiger partial charge < -0.3 is 14.7 Å². The number of fused-ring (bicyclic) bond motifs is 2. The van der Waals surface area contributed by atoms with Crippen molar-refractivity contribution in [1.82, 2.24) is 4.90 Å². The molecule has 23 heavy (non-hydrogen) atoms. The van der Waals surface area contributed by atoms with Gasteiger partial charge in [0.2, 0.25) is 0 Å². The number of benzene rings is 1. The number of carbonyl (C=O) groups excluding carboxylic acids is 1. The molecule has 2 unspecified atom stereocenters. The molecule has 1 amide bonds. The zero-order valence-corrected chi connectivity index (χ0v) is 13.3. The van der Waals surface area contributed by atoms with Gasteiger partial charge in [0.15, 0.2) is 0 Å². The van der Waals surface area contributed by atoms with Gasteiger partial charge in [-0.15, -0.1) is 12.3 Å². The number of aliphatic hydroxyl groups is 1. The molecular formula is C19H23NO3. The summed E-state index contributed by atoms with van der Waals surface area (Å²) in [5.74, 6) is 2.60. The summed E-state index contributed by atoms with van der Waals surface area (Å²) in [7, 11) is 0. The molecule has 0 aromatic heterocycles. The number of hydrogen-bond acceptors (Lipinski definition) is 3. The maximum atomic E-state index is 12.4. The number of nitrogens with zero attached hydrogens (tertiary/aromatic N) is 1. The largest absolute Gasteiger partial charge is 0.445 e. The number of ether oxygens (including phenoxy) is 1. The number of rotatable bonds is 4. The van der Waals surface area contributed by atoms with Crippen molar-refractivity contribution in [3.8, 4) is 12.3 Å². The fraction of sp³-hybridized carbons (Fsp3) is 0.526. The summed E-state index contributed by atoms with van der Waals surface area (Å²) in [6.45, 7) is 0.289. The van der Waals surface area contributed by atoms with Crippen LogP contribution in [-0.4, -0.2) is 33.8 Å². The van der Waals surface area contributed by atoms with Crippen LogP contribution in [0.2, 0.25) is 0 Å². The minimum Gasteiger partial charge on any atom is -0.445 e. The van der Waals surface area contributed by atoms with Crippen LogP contribution in [0.1, 0.15) is 44.1 Å². The normalized spacial score (nSPS) is 29.1. The number of piperidine rings is 1. The van der Waals surface area contributed by atoms with Crippen molar-refractivity contribution in [2.75, 3.05) is 0 Å². The lowest BCUT2D eigenvalue weighted by Crippen LogP contribution is -2.53. The molecule has 2 atom stereocenters. The fourth-order valence-electron chi connectivity index (χ4n) is 3.92. The van der Waals surface area contributed by atoms with E-state index in [4.69, 9.17) is 11.2 Å². The van der Waals surface area contributed by atoms with Crippen molar-refractivity contribution in [3.05, 3.63) is 35.9 Å². The van der Waals surface area contributed by atoms with E-state index in [1.165, 1.54) is 0 Å². The monoisotopic (exact) mass is 313 g/mol. The molecule has 3 rings (SSSR count). The van der Waals surface area contributed by atoms with Gasteiger partial charge >= 0.3 is 6.09 Å². The maximum absolute atomic E-state index is 12.4. The highest BCUT2D eigenvalue weighted by Crippen LogP contribution is 2.43. The standard InChI is InChI=1S/C19H23NO3/c1-2-3-11-19(22)12-16-9-10-17(13-19)20(16)18(21)23-14-15-7-5-4-6-8-15/h1,4-8,16-17,22H,3,9-14H2. The van der Waals surface area contributed by atoms with Crippen LogP contribution in [0.15, 0.2) is 30.3 Å². The van der Waals surface area contributed by atoms with E-state index in [1.807, 2.05) is 35.2 Å². The third-order valence-electron chi connectivity index (χ3n) is 5.00. The summed E-state index contributed by atoms with van der Waals surface area (Å²) in [5.41, 5.74) is 0.254. The molecule has 4 heteroatoms. The van der Waals surface area contributed by atoms with Gasteiger partial charge in [0.05, 0.1) is 5.60 Å². The third kappa shape index (κ3) is 3.51.